The number of phenolic OH excluding ortho intramolecular Hbond substituents is 2. The first-order valence-electron chi connectivity index (χ1n) is 7.16. The van der Waals surface area contributed by atoms with Crippen molar-refractivity contribution in [1.82, 2.24) is 10.4 Å². The SMILES string of the molecule is O=C(CSc1nc2ccccc2s1)NN=Cc1cc(Br)c(O)c(Br)c1O. The van der Waals surface area contributed by atoms with Gasteiger partial charge in [0.15, 0.2) is 4.34 Å². The molecule has 0 saturated heterocycles. The number of aromatic nitrogens is 1. The number of nitrogens with zero attached hydrogens (tertiary/aromatic N) is 2. The average Bonchev–Trinajstić information content (AvgIpc) is 3.05. The molecule has 3 rings (SSSR count). The molecular weight excluding hydrogens is 506 g/mol. The van der Waals surface area contributed by atoms with Crippen LogP contribution in [0.25, 0.3) is 10.2 Å². The number of para-hydroxylation sites is 1. The largest absolute Gasteiger partial charge is 0.506 e. The maximum Gasteiger partial charge on any atom is 0.250 e. The Labute approximate surface area is 173 Å². The number of rotatable bonds is 5. The molecule has 0 aliphatic heterocycles. The zero-order valence-corrected chi connectivity index (χ0v) is 17.7. The Kier molecular flexibility index (Phi) is 6.17. The third-order valence-electron chi connectivity index (χ3n) is 3.19. The first-order chi connectivity index (χ1) is 12.5. The molecule has 26 heavy (non-hydrogen) atoms. The number of fused-ring (bicyclic) bond motifs is 1. The molecule has 0 atom stereocenters. The van der Waals surface area contributed by atoms with Crippen LogP contribution in [-0.4, -0.2) is 33.1 Å². The van der Waals surface area contributed by atoms with Gasteiger partial charge in [0.05, 0.1) is 26.7 Å². The van der Waals surface area contributed by atoms with Crippen molar-refractivity contribution in [1.29, 1.82) is 0 Å². The van der Waals surface area contributed by atoms with Crippen LogP contribution >= 0.6 is 55.0 Å². The number of benzene rings is 2. The van der Waals surface area contributed by atoms with Crippen LogP contribution in [0, 0.1) is 0 Å². The Hall–Kier alpha value is -1.62. The summed E-state index contributed by atoms with van der Waals surface area (Å²) in [4.78, 5) is 16.4. The number of halogens is 2. The second-order valence-electron chi connectivity index (χ2n) is 4.99. The van der Waals surface area contributed by atoms with Crippen LogP contribution in [0.15, 0.2) is 48.7 Å². The van der Waals surface area contributed by atoms with E-state index in [1.54, 1.807) is 0 Å². The lowest BCUT2D eigenvalue weighted by molar-refractivity contribution is -0.118. The number of nitrogens with one attached hydrogen (secondary N) is 1. The van der Waals surface area contributed by atoms with Crippen LogP contribution in [0.2, 0.25) is 0 Å². The van der Waals surface area contributed by atoms with E-state index >= 15 is 0 Å². The minimum absolute atomic E-state index is 0.115. The molecule has 0 fully saturated rings. The topological polar surface area (TPSA) is 94.8 Å². The van der Waals surface area contributed by atoms with Crippen LogP contribution in [0.3, 0.4) is 0 Å². The van der Waals surface area contributed by atoms with E-state index in [0.717, 1.165) is 14.6 Å². The normalized spacial score (nSPS) is 11.3. The predicted octanol–water partition coefficient (Wildman–Crippen LogP) is 4.47. The van der Waals surface area contributed by atoms with E-state index in [1.807, 2.05) is 24.3 Å². The quantitative estimate of drug-likeness (QED) is 0.264. The molecule has 1 heterocycles. The Morgan fingerprint density at radius 2 is 2.08 bits per heavy atom. The monoisotopic (exact) mass is 515 g/mol. The summed E-state index contributed by atoms with van der Waals surface area (Å²) in [6, 6.07) is 9.28. The highest BCUT2D eigenvalue weighted by Gasteiger charge is 2.13. The van der Waals surface area contributed by atoms with Crippen LogP contribution in [0.5, 0.6) is 11.5 Å². The molecule has 0 radical (unpaired) electrons. The molecule has 1 aromatic heterocycles. The van der Waals surface area contributed by atoms with Gasteiger partial charge >= 0.3 is 0 Å². The zero-order valence-electron chi connectivity index (χ0n) is 12.9. The van der Waals surface area contributed by atoms with Gasteiger partial charge < -0.3 is 10.2 Å². The van der Waals surface area contributed by atoms with E-state index in [1.165, 1.54) is 35.4 Å². The number of phenols is 2. The van der Waals surface area contributed by atoms with Gasteiger partial charge in [0.1, 0.15) is 16.0 Å². The second kappa shape index (κ2) is 8.38. The summed E-state index contributed by atoms with van der Waals surface area (Å²) in [6.07, 6.45) is 1.30. The number of hydrazone groups is 1. The van der Waals surface area contributed by atoms with Crippen LogP contribution < -0.4 is 5.43 Å². The molecule has 134 valence electrons. The number of amides is 1. The van der Waals surface area contributed by atoms with Crippen LogP contribution in [0.1, 0.15) is 5.56 Å². The highest BCUT2D eigenvalue weighted by molar-refractivity contribution is 9.11. The fourth-order valence-electron chi connectivity index (χ4n) is 1.96. The molecule has 6 nitrogen and oxygen atoms in total. The number of thioether (sulfide) groups is 1. The van der Waals surface area contributed by atoms with E-state index in [2.05, 4.69) is 47.4 Å². The summed E-state index contributed by atoms with van der Waals surface area (Å²) in [6.45, 7) is 0. The lowest BCUT2D eigenvalue weighted by Gasteiger charge is -2.06. The van der Waals surface area contributed by atoms with Gasteiger partial charge in [0, 0.05) is 5.56 Å². The third-order valence-corrected chi connectivity index (χ3v) is 6.73. The number of thiazole rings is 1. The van der Waals surface area contributed by atoms with E-state index in [4.69, 9.17) is 0 Å². The lowest BCUT2D eigenvalue weighted by atomic mass is 10.2. The summed E-state index contributed by atoms with van der Waals surface area (Å²) >= 11 is 9.11. The van der Waals surface area contributed by atoms with Gasteiger partial charge in [-0.15, -0.1) is 11.3 Å². The molecule has 2 aromatic carbocycles. The summed E-state index contributed by atoms with van der Waals surface area (Å²) < 4.78 is 2.43. The van der Waals surface area contributed by atoms with Crippen molar-refractivity contribution in [2.75, 3.05) is 5.75 Å². The molecule has 0 bridgehead atoms. The van der Waals surface area contributed by atoms with E-state index in [0.29, 0.717) is 10.0 Å². The molecule has 3 N–H and O–H groups in total. The number of hydrogen-bond acceptors (Lipinski definition) is 7. The summed E-state index contributed by atoms with van der Waals surface area (Å²) in [5, 5.41) is 23.5. The van der Waals surface area contributed by atoms with Crippen molar-refractivity contribution in [2.45, 2.75) is 4.34 Å². The first kappa shape index (κ1) is 19.2. The minimum Gasteiger partial charge on any atom is -0.506 e. The Balaban J connectivity index is 1.58. The summed E-state index contributed by atoms with van der Waals surface area (Å²) in [5.41, 5.74) is 3.65. The van der Waals surface area contributed by atoms with E-state index in [9.17, 15) is 15.0 Å². The fourth-order valence-corrected chi connectivity index (χ4v) is 4.98. The number of aromatic hydroxyl groups is 2. The summed E-state index contributed by atoms with van der Waals surface area (Å²) in [7, 11) is 0. The molecule has 10 heteroatoms. The van der Waals surface area contributed by atoms with E-state index in [-0.39, 0.29) is 27.6 Å². The Morgan fingerprint density at radius 3 is 2.85 bits per heavy atom. The Morgan fingerprint density at radius 1 is 1.31 bits per heavy atom. The maximum atomic E-state index is 11.9. The van der Waals surface area contributed by atoms with Gasteiger partial charge in [-0.2, -0.15) is 5.10 Å². The van der Waals surface area contributed by atoms with Crippen molar-refractivity contribution >= 4 is 77.3 Å². The molecular formula is C16H11Br2N3O3S2. The molecule has 0 spiro atoms. The van der Waals surface area contributed by atoms with Gasteiger partial charge in [-0.3, -0.25) is 4.79 Å². The van der Waals surface area contributed by atoms with Crippen molar-refractivity contribution in [3.8, 4) is 11.5 Å². The van der Waals surface area contributed by atoms with Gasteiger partial charge in [0.25, 0.3) is 5.91 Å². The lowest BCUT2D eigenvalue weighted by Crippen LogP contribution is -2.19. The maximum absolute atomic E-state index is 11.9. The third kappa shape index (κ3) is 4.37. The van der Waals surface area contributed by atoms with Crippen LogP contribution in [-0.2, 0) is 4.79 Å². The number of carbonyl (C=O) groups excluding carboxylic acids is 1. The Bertz CT molecular complexity index is 975. The average molecular weight is 517 g/mol. The van der Waals surface area contributed by atoms with Gasteiger partial charge in [-0.05, 0) is 50.1 Å². The molecule has 0 saturated carbocycles. The highest BCUT2D eigenvalue weighted by Crippen LogP contribution is 2.40. The predicted molar refractivity (Wildman–Crippen MR) is 111 cm³/mol. The first-order valence-corrected chi connectivity index (χ1v) is 10.5. The van der Waals surface area contributed by atoms with Gasteiger partial charge in [-0.25, -0.2) is 10.4 Å². The highest BCUT2D eigenvalue weighted by atomic mass is 79.9. The van der Waals surface area contributed by atoms with Gasteiger partial charge in [-0.1, -0.05) is 23.9 Å². The van der Waals surface area contributed by atoms with Crippen molar-refractivity contribution in [2.24, 2.45) is 5.10 Å². The molecule has 0 unspecified atom stereocenters. The molecule has 0 aliphatic rings. The molecule has 3 aromatic rings. The minimum atomic E-state index is -0.290. The van der Waals surface area contributed by atoms with Crippen molar-refractivity contribution in [3.05, 3.63) is 44.8 Å². The zero-order chi connectivity index (χ0) is 18.7. The second-order valence-corrected chi connectivity index (χ2v) is 8.89. The molecule has 0 aliphatic carbocycles. The number of hydrogen-bond donors (Lipinski definition) is 3. The van der Waals surface area contributed by atoms with Crippen molar-refractivity contribution in [3.63, 3.8) is 0 Å². The number of carbonyl (C=O) groups is 1. The van der Waals surface area contributed by atoms with Gasteiger partial charge in [0.2, 0.25) is 0 Å². The fraction of sp³-hybridized carbons (Fsp3) is 0.0625. The van der Waals surface area contributed by atoms with Crippen LogP contribution in [0.4, 0.5) is 0 Å². The molecule has 1 amide bonds. The van der Waals surface area contributed by atoms with E-state index < -0.39 is 0 Å². The standard InChI is InChI=1S/C16H11Br2N3O3S2/c17-9-5-8(14(23)13(18)15(9)24)6-19-21-12(22)7-25-16-20-10-3-1-2-4-11(10)26-16/h1-6,23-24H,7H2,(H,21,22). The smallest absolute Gasteiger partial charge is 0.250 e. The summed E-state index contributed by atoms with van der Waals surface area (Å²) in [5.74, 6) is -0.406. The van der Waals surface area contributed by atoms with Crippen molar-refractivity contribution < 1.29 is 15.0 Å².